The molecule has 4 N–H and O–H groups in total. The van der Waals surface area contributed by atoms with Crippen molar-refractivity contribution in [3.8, 4) is 5.75 Å². The maximum atomic E-state index is 12.0. The lowest BCUT2D eigenvalue weighted by Gasteiger charge is -2.09. The van der Waals surface area contributed by atoms with Crippen molar-refractivity contribution in [2.75, 3.05) is 11.5 Å². The summed E-state index contributed by atoms with van der Waals surface area (Å²) in [5.74, 6) is 0.112. The van der Waals surface area contributed by atoms with Gasteiger partial charge in [0.05, 0.1) is 11.2 Å². The van der Waals surface area contributed by atoms with Crippen LogP contribution in [0.5, 0.6) is 5.75 Å². The summed E-state index contributed by atoms with van der Waals surface area (Å²) in [6.45, 7) is -2.93. The van der Waals surface area contributed by atoms with E-state index in [0.29, 0.717) is 10.9 Å². The number of hydrogen-bond donors (Lipinski definition) is 2. The second-order valence-corrected chi connectivity index (χ2v) is 3.04. The lowest BCUT2D eigenvalue weighted by atomic mass is 10.2. The molecule has 0 saturated heterocycles. The van der Waals surface area contributed by atoms with Crippen molar-refractivity contribution in [1.82, 2.24) is 9.97 Å². The van der Waals surface area contributed by atoms with E-state index in [4.69, 9.17) is 11.5 Å². The van der Waals surface area contributed by atoms with Crippen LogP contribution < -0.4 is 16.2 Å². The summed E-state index contributed by atoms with van der Waals surface area (Å²) >= 11 is 0. The monoisotopic (exact) mass is 226 g/mol. The van der Waals surface area contributed by atoms with Crippen molar-refractivity contribution in [3.05, 3.63) is 18.5 Å². The first kappa shape index (κ1) is 10.3. The van der Waals surface area contributed by atoms with E-state index in [2.05, 4.69) is 14.7 Å². The average molecular weight is 226 g/mol. The Bertz CT molecular complexity index is 532. The van der Waals surface area contributed by atoms with Gasteiger partial charge in [-0.2, -0.15) is 8.78 Å². The maximum Gasteiger partial charge on any atom is 0.387 e. The van der Waals surface area contributed by atoms with E-state index in [9.17, 15) is 8.78 Å². The van der Waals surface area contributed by atoms with Crippen molar-refractivity contribution in [2.24, 2.45) is 0 Å². The first-order valence-corrected chi connectivity index (χ1v) is 4.32. The number of halogens is 2. The largest absolute Gasteiger partial charge is 0.433 e. The highest BCUT2D eigenvalue weighted by atomic mass is 19.3. The van der Waals surface area contributed by atoms with Gasteiger partial charge in [-0.15, -0.1) is 0 Å². The van der Waals surface area contributed by atoms with Gasteiger partial charge in [-0.25, -0.2) is 9.97 Å². The molecule has 1 heterocycles. The van der Waals surface area contributed by atoms with E-state index in [0.717, 1.165) is 0 Å². The Balaban J connectivity index is 2.58. The molecule has 7 heteroatoms. The zero-order chi connectivity index (χ0) is 11.7. The fraction of sp³-hybridized carbons (Fsp3) is 0.111. The molecule has 0 fully saturated rings. The lowest BCUT2D eigenvalue weighted by Crippen LogP contribution is -2.05. The number of alkyl halides is 2. The molecule has 0 bridgehead atoms. The van der Waals surface area contributed by atoms with Gasteiger partial charge < -0.3 is 16.2 Å². The predicted molar refractivity (Wildman–Crippen MR) is 55.0 cm³/mol. The van der Waals surface area contributed by atoms with Gasteiger partial charge in [-0.1, -0.05) is 0 Å². The van der Waals surface area contributed by atoms with Gasteiger partial charge >= 0.3 is 6.61 Å². The van der Waals surface area contributed by atoms with Crippen molar-refractivity contribution >= 4 is 22.4 Å². The third kappa shape index (κ3) is 1.79. The second-order valence-electron chi connectivity index (χ2n) is 3.04. The lowest BCUT2D eigenvalue weighted by molar-refractivity contribution is -0.0492. The van der Waals surface area contributed by atoms with Crippen molar-refractivity contribution in [3.63, 3.8) is 0 Å². The number of ether oxygens (including phenoxy) is 1. The van der Waals surface area contributed by atoms with E-state index in [-0.39, 0.29) is 17.3 Å². The molecule has 2 rings (SSSR count). The fourth-order valence-corrected chi connectivity index (χ4v) is 1.32. The van der Waals surface area contributed by atoms with Crippen LogP contribution in [0.4, 0.5) is 20.3 Å². The van der Waals surface area contributed by atoms with E-state index >= 15 is 0 Å². The molecule has 0 spiro atoms. The Morgan fingerprint density at radius 2 is 1.94 bits per heavy atom. The van der Waals surface area contributed by atoms with Crippen molar-refractivity contribution in [1.29, 1.82) is 0 Å². The average Bonchev–Trinajstić information content (AvgIpc) is 2.20. The molecule has 0 saturated carbocycles. The Hall–Kier alpha value is -2.18. The summed E-state index contributed by atoms with van der Waals surface area (Å²) in [6.07, 6.45) is 1.24. The summed E-state index contributed by atoms with van der Waals surface area (Å²) in [7, 11) is 0. The topological polar surface area (TPSA) is 87.1 Å². The van der Waals surface area contributed by atoms with E-state index in [1.54, 1.807) is 0 Å². The Morgan fingerprint density at radius 1 is 1.19 bits per heavy atom. The van der Waals surface area contributed by atoms with Gasteiger partial charge in [0.15, 0.2) is 5.75 Å². The Morgan fingerprint density at radius 3 is 2.62 bits per heavy atom. The van der Waals surface area contributed by atoms with E-state index < -0.39 is 6.61 Å². The molecule has 5 nitrogen and oxygen atoms in total. The van der Waals surface area contributed by atoms with Crippen LogP contribution in [0.1, 0.15) is 0 Å². The van der Waals surface area contributed by atoms with Crippen LogP contribution in [0, 0.1) is 0 Å². The first-order chi connectivity index (χ1) is 7.58. The highest BCUT2D eigenvalue weighted by molar-refractivity contribution is 5.92. The van der Waals surface area contributed by atoms with Gasteiger partial charge in [0.25, 0.3) is 0 Å². The van der Waals surface area contributed by atoms with Crippen LogP contribution in [0.3, 0.4) is 0 Å². The van der Waals surface area contributed by atoms with Crippen LogP contribution in [0.15, 0.2) is 18.5 Å². The van der Waals surface area contributed by atoms with E-state index in [1.165, 1.54) is 18.5 Å². The highest BCUT2D eigenvalue weighted by Crippen LogP contribution is 2.29. The summed E-state index contributed by atoms with van der Waals surface area (Å²) in [5, 5.41) is 0.501. The van der Waals surface area contributed by atoms with Crippen LogP contribution in [-0.2, 0) is 0 Å². The molecule has 0 aliphatic heterocycles. The maximum absolute atomic E-state index is 12.0. The molecule has 16 heavy (non-hydrogen) atoms. The van der Waals surface area contributed by atoms with Crippen LogP contribution in [-0.4, -0.2) is 16.6 Å². The molecule has 0 radical (unpaired) electrons. The Kier molecular flexibility index (Phi) is 2.43. The fourth-order valence-electron chi connectivity index (χ4n) is 1.32. The number of nitrogens with zero attached hydrogens (tertiary/aromatic N) is 2. The van der Waals surface area contributed by atoms with Crippen molar-refractivity contribution in [2.45, 2.75) is 6.61 Å². The zero-order valence-electron chi connectivity index (χ0n) is 8.02. The normalized spacial score (nSPS) is 10.9. The molecular formula is C9H8F2N4O. The smallest absolute Gasteiger partial charge is 0.387 e. The minimum atomic E-state index is -2.93. The third-order valence-corrected chi connectivity index (χ3v) is 2.01. The Labute approximate surface area is 89.0 Å². The number of rotatable bonds is 2. The predicted octanol–water partition coefficient (Wildman–Crippen LogP) is 1.40. The summed E-state index contributed by atoms with van der Waals surface area (Å²) < 4.78 is 28.3. The van der Waals surface area contributed by atoms with Gasteiger partial charge in [-0.3, -0.25) is 0 Å². The molecule has 1 aromatic carbocycles. The minimum Gasteiger partial charge on any atom is -0.433 e. The quantitative estimate of drug-likeness (QED) is 0.755. The summed E-state index contributed by atoms with van der Waals surface area (Å²) in [4.78, 5) is 7.64. The highest BCUT2D eigenvalue weighted by Gasteiger charge is 2.11. The summed E-state index contributed by atoms with van der Waals surface area (Å²) in [5.41, 5.74) is 11.6. The second kappa shape index (κ2) is 3.76. The molecule has 0 amide bonds. The molecule has 0 aliphatic rings. The number of benzene rings is 1. The van der Waals surface area contributed by atoms with Crippen LogP contribution in [0.2, 0.25) is 0 Å². The summed E-state index contributed by atoms with van der Waals surface area (Å²) in [6, 6.07) is 2.71. The SMILES string of the molecule is Nc1cc2c(N)ncnc2cc1OC(F)F. The van der Waals surface area contributed by atoms with Gasteiger partial charge in [0, 0.05) is 11.5 Å². The number of fused-ring (bicyclic) bond motifs is 1. The molecule has 1 aromatic heterocycles. The van der Waals surface area contributed by atoms with Gasteiger partial charge in [-0.05, 0) is 6.07 Å². The van der Waals surface area contributed by atoms with Gasteiger partial charge in [0.2, 0.25) is 0 Å². The minimum absolute atomic E-state index is 0.0642. The molecular weight excluding hydrogens is 218 g/mol. The third-order valence-electron chi connectivity index (χ3n) is 2.01. The first-order valence-electron chi connectivity index (χ1n) is 4.32. The van der Waals surface area contributed by atoms with Crippen molar-refractivity contribution < 1.29 is 13.5 Å². The number of anilines is 2. The standard InChI is InChI=1S/C9H8F2N4O/c10-9(11)16-7-2-6-4(1-5(7)12)8(13)15-3-14-6/h1-3,9H,12H2,(H2,13,14,15). The molecule has 0 aliphatic carbocycles. The number of nitrogen functional groups attached to an aromatic ring is 2. The number of nitrogens with two attached hydrogens (primary N) is 2. The van der Waals surface area contributed by atoms with E-state index in [1.807, 2.05) is 0 Å². The number of aromatic nitrogens is 2. The molecule has 2 aromatic rings. The molecule has 0 atom stereocenters. The van der Waals surface area contributed by atoms with Crippen LogP contribution >= 0.6 is 0 Å². The van der Waals surface area contributed by atoms with Crippen LogP contribution in [0.25, 0.3) is 10.9 Å². The molecule has 84 valence electrons. The molecule has 0 unspecified atom stereocenters. The van der Waals surface area contributed by atoms with Gasteiger partial charge in [0.1, 0.15) is 12.1 Å². The number of hydrogen-bond acceptors (Lipinski definition) is 5. The zero-order valence-corrected chi connectivity index (χ0v) is 8.02.